The minimum absolute atomic E-state index is 0.358. The van der Waals surface area contributed by atoms with Crippen LogP contribution in [0.2, 0.25) is 0 Å². The Morgan fingerprint density at radius 1 is 1.56 bits per heavy atom. The predicted molar refractivity (Wildman–Crippen MR) is 61.4 cm³/mol. The second-order valence-electron chi connectivity index (χ2n) is 3.66. The molecule has 0 spiro atoms. The van der Waals surface area contributed by atoms with Crippen molar-refractivity contribution in [3.8, 4) is 0 Å². The van der Waals surface area contributed by atoms with Gasteiger partial charge in [0, 0.05) is 25.0 Å². The van der Waals surface area contributed by atoms with Crippen LogP contribution in [0.3, 0.4) is 0 Å². The van der Waals surface area contributed by atoms with Gasteiger partial charge in [-0.05, 0) is 12.1 Å². The highest BCUT2D eigenvalue weighted by atomic mass is 19.1. The lowest BCUT2D eigenvalue weighted by Gasteiger charge is -2.03. The van der Waals surface area contributed by atoms with Gasteiger partial charge < -0.3 is 5.32 Å². The molecule has 2 aromatic rings. The summed E-state index contributed by atoms with van der Waals surface area (Å²) in [6, 6.07) is 3.63. The van der Waals surface area contributed by atoms with E-state index >= 15 is 0 Å². The van der Waals surface area contributed by atoms with Crippen LogP contribution in [-0.4, -0.2) is 19.9 Å². The summed E-state index contributed by atoms with van der Waals surface area (Å²) in [7, 11) is 1.74. The second kappa shape index (κ2) is 4.78. The molecule has 1 N–H and O–H groups in total. The van der Waals surface area contributed by atoms with Gasteiger partial charge in [-0.3, -0.25) is 14.8 Å². The van der Waals surface area contributed by atoms with Crippen LogP contribution in [0.5, 0.6) is 0 Å². The Labute approximate surface area is 101 Å². The summed E-state index contributed by atoms with van der Waals surface area (Å²) in [5.74, 6) is -0.856. The molecule has 0 bridgehead atoms. The van der Waals surface area contributed by atoms with Gasteiger partial charge in [-0.2, -0.15) is 4.39 Å². The van der Waals surface area contributed by atoms with E-state index in [0.717, 1.165) is 12.1 Å². The smallest absolute Gasteiger partial charge is 0.306 e. The number of aryl methyl sites for hydroxylation is 1. The lowest BCUT2D eigenvalue weighted by molar-refractivity contribution is -0.387. The van der Waals surface area contributed by atoms with Gasteiger partial charge in [0.1, 0.15) is 5.69 Å². The Kier molecular flexibility index (Phi) is 3.18. The van der Waals surface area contributed by atoms with Crippen LogP contribution in [0.25, 0.3) is 0 Å². The van der Waals surface area contributed by atoms with Crippen LogP contribution in [0, 0.1) is 15.9 Å². The van der Waals surface area contributed by atoms with E-state index in [1.54, 1.807) is 17.9 Å². The molecule has 0 saturated carbocycles. The monoisotopic (exact) mass is 251 g/mol. The summed E-state index contributed by atoms with van der Waals surface area (Å²) >= 11 is 0. The largest absolute Gasteiger partial charge is 0.379 e. The van der Waals surface area contributed by atoms with Crippen LogP contribution < -0.4 is 5.32 Å². The van der Waals surface area contributed by atoms with Crippen LogP contribution >= 0.6 is 0 Å². The van der Waals surface area contributed by atoms with Crippen LogP contribution in [-0.2, 0) is 13.6 Å². The fourth-order valence-electron chi connectivity index (χ4n) is 1.43. The molecule has 8 heteroatoms. The van der Waals surface area contributed by atoms with Gasteiger partial charge in [0.15, 0.2) is 0 Å². The number of nitrogens with one attached hydrogen (secondary N) is 1. The number of hydrogen-bond acceptors (Lipinski definition) is 5. The van der Waals surface area contributed by atoms with Crippen LogP contribution in [0.4, 0.5) is 15.8 Å². The summed E-state index contributed by atoms with van der Waals surface area (Å²) in [5, 5.41) is 21.1. The molecular formula is C10H10FN5O2. The minimum atomic E-state index is -0.856. The molecular weight excluding hydrogens is 241 g/mol. The molecule has 18 heavy (non-hydrogen) atoms. The first-order valence-corrected chi connectivity index (χ1v) is 5.09. The minimum Gasteiger partial charge on any atom is -0.379 e. The van der Waals surface area contributed by atoms with Crippen molar-refractivity contribution in [1.29, 1.82) is 0 Å². The number of anilines is 1. The molecule has 0 aliphatic carbocycles. The fourth-order valence-corrected chi connectivity index (χ4v) is 1.43. The zero-order valence-corrected chi connectivity index (χ0v) is 9.50. The average Bonchev–Trinajstić information content (AvgIpc) is 2.74. The van der Waals surface area contributed by atoms with Gasteiger partial charge in [-0.15, -0.1) is 5.10 Å². The molecule has 1 aromatic carbocycles. The maximum atomic E-state index is 13.1. The topological polar surface area (TPSA) is 85.9 Å². The quantitative estimate of drug-likeness (QED) is 0.657. The molecule has 0 fully saturated rings. The van der Waals surface area contributed by atoms with Crippen molar-refractivity contribution in [2.24, 2.45) is 7.05 Å². The Hall–Kier alpha value is -2.51. The van der Waals surface area contributed by atoms with Crippen molar-refractivity contribution in [3.63, 3.8) is 0 Å². The lowest BCUT2D eigenvalue weighted by Crippen LogP contribution is -2.01. The molecule has 1 aromatic heterocycles. The molecule has 7 nitrogen and oxygen atoms in total. The van der Waals surface area contributed by atoms with Crippen LogP contribution in [0.15, 0.2) is 24.4 Å². The first-order chi connectivity index (χ1) is 8.56. The molecule has 2 rings (SSSR count). The number of nitro groups is 1. The Morgan fingerprint density at radius 3 is 2.94 bits per heavy atom. The van der Waals surface area contributed by atoms with E-state index in [9.17, 15) is 14.5 Å². The SMILES string of the molecule is Cn1cc(CNc2ccc(F)c([N+](=O)[O-])c2)nn1. The highest BCUT2D eigenvalue weighted by Gasteiger charge is 2.14. The third-order valence-electron chi connectivity index (χ3n) is 2.27. The lowest BCUT2D eigenvalue weighted by atomic mass is 10.2. The van der Waals surface area contributed by atoms with Gasteiger partial charge in [-0.1, -0.05) is 5.21 Å². The second-order valence-corrected chi connectivity index (χ2v) is 3.66. The highest BCUT2D eigenvalue weighted by molar-refractivity contribution is 5.51. The Balaban J connectivity index is 2.10. The fraction of sp³-hybridized carbons (Fsp3) is 0.200. The maximum Gasteiger partial charge on any atom is 0.306 e. The third-order valence-corrected chi connectivity index (χ3v) is 2.27. The molecule has 0 saturated heterocycles. The van der Waals surface area contributed by atoms with E-state index < -0.39 is 16.4 Å². The Morgan fingerprint density at radius 2 is 2.33 bits per heavy atom. The summed E-state index contributed by atoms with van der Waals surface area (Å²) in [6.07, 6.45) is 1.71. The van der Waals surface area contributed by atoms with Crippen molar-refractivity contribution < 1.29 is 9.31 Å². The van der Waals surface area contributed by atoms with E-state index in [1.807, 2.05) is 0 Å². The number of aromatic nitrogens is 3. The number of halogens is 1. The molecule has 1 heterocycles. The van der Waals surface area contributed by atoms with Crippen molar-refractivity contribution in [2.45, 2.75) is 6.54 Å². The summed E-state index contributed by atoms with van der Waals surface area (Å²) in [6.45, 7) is 0.358. The van der Waals surface area contributed by atoms with E-state index in [4.69, 9.17) is 0 Å². The molecule has 94 valence electrons. The number of nitro benzene ring substituents is 1. The standard InChI is InChI=1S/C10H10FN5O2/c1-15-6-8(13-14-15)5-12-7-2-3-9(11)10(4-7)16(17)18/h2-4,6,12H,5H2,1H3. The molecule has 0 aliphatic rings. The van der Waals surface area contributed by atoms with Gasteiger partial charge in [0.25, 0.3) is 0 Å². The first-order valence-electron chi connectivity index (χ1n) is 5.09. The average molecular weight is 251 g/mol. The van der Waals surface area contributed by atoms with Crippen LogP contribution in [0.1, 0.15) is 5.69 Å². The molecule has 0 amide bonds. The highest BCUT2D eigenvalue weighted by Crippen LogP contribution is 2.21. The molecule has 0 radical (unpaired) electrons. The third kappa shape index (κ3) is 2.59. The zero-order chi connectivity index (χ0) is 13.1. The van der Waals surface area contributed by atoms with Crippen molar-refractivity contribution in [2.75, 3.05) is 5.32 Å². The number of hydrogen-bond donors (Lipinski definition) is 1. The van der Waals surface area contributed by atoms with Crippen molar-refractivity contribution >= 4 is 11.4 Å². The molecule has 0 atom stereocenters. The van der Waals surface area contributed by atoms with E-state index in [0.29, 0.717) is 17.9 Å². The van der Waals surface area contributed by atoms with Crippen molar-refractivity contribution in [1.82, 2.24) is 15.0 Å². The van der Waals surface area contributed by atoms with Gasteiger partial charge in [-0.25, -0.2) is 0 Å². The number of benzene rings is 1. The van der Waals surface area contributed by atoms with Gasteiger partial charge >= 0.3 is 5.69 Å². The predicted octanol–water partition coefficient (Wildman–Crippen LogP) is 1.47. The van der Waals surface area contributed by atoms with Gasteiger partial charge in [0.05, 0.1) is 11.5 Å². The maximum absolute atomic E-state index is 13.1. The Bertz CT molecular complexity index is 583. The van der Waals surface area contributed by atoms with E-state index in [2.05, 4.69) is 15.6 Å². The number of rotatable bonds is 4. The normalized spacial score (nSPS) is 10.3. The van der Waals surface area contributed by atoms with Gasteiger partial charge in [0.2, 0.25) is 5.82 Å². The molecule has 0 unspecified atom stereocenters. The summed E-state index contributed by atoms with van der Waals surface area (Å²) in [5.41, 5.74) is 0.581. The summed E-state index contributed by atoms with van der Waals surface area (Å²) < 4.78 is 14.6. The van der Waals surface area contributed by atoms with Crippen molar-refractivity contribution in [3.05, 3.63) is 46.0 Å². The zero-order valence-electron chi connectivity index (χ0n) is 9.50. The van der Waals surface area contributed by atoms with E-state index in [-0.39, 0.29) is 0 Å². The molecule has 0 aliphatic heterocycles. The summed E-state index contributed by atoms with van der Waals surface area (Å²) in [4.78, 5) is 9.80. The first kappa shape index (κ1) is 12.0. The number of nitrogens with zero attached hydrogens (tertiary/aromatic N) is 4. The van der Waals surface area contributed by atoms with E-state index in [1.165, 1.54) is 6.07 Å².